The Morgan fingerprint density at radius 3 is 2.69 bits per heavy atom. The number of hydrogen-bond donors (Lipinski definition) is 1. The predicted octanol–water partition coefficient (Wildman–Crippen LogP) is 1.44. The quantitative estimate of drug-likeness (QED) is 0.743. The number of aromatic nitrogens is 1. The first-order valence-electron chi connectivity index (χ1n) is 5.39. The van der Waals surface area contributed by atoms with Gasteiger partial charge in [0.15, 0.2) is 0 Å². The molecule has 0 aliphatic heterocycles. The molecule has 1 aromatic rings. The van der Waals surface area contributed by atoms with E-state index < -0.39 is 0 Å². The van der Waals surface area contributed by atoms with Gasteiger partial charge in [0.25, 0.3) is 0 Å². The highest BCUT2D eigenvalue weighted by molar-refractivity contribution is 5.40. The van der Waals surface area contributed by atoms with E-state index in [4.69, 9.17) is 9.47 Å². The van der Waals surface area contributed by atoms with Crippen molar-refractivity contribution in [1.82, 2.24) is 10.3 Å². The molecule has 4 nitrogen and oxygen atoms in total. The van der Waals surface area contributed by atoms with Crippen molar-refractivity contribution >= 4 is 0 Å². The SMILES string of the molecule is COCCNCc1ncc(C)c(OC)c1C. The summed E-state index contributed by atoms with van der Waals surface area (Å²) in [7, 11) is 3.39. The number of nitrogens with one attached hydrogen (secondary N) is 1. The van der Waals surface area contributed by atoms with Gasteiger partial charge in [-0.05, 0) is 13.8 Å². The summed E-state index contributed by atoms with van der Waals surface area (Å²) in [6.07, 6.45) is 1.85. The Labute approximate surface area is 97.0 Å². The molecule has 1 heterocycles. The topological polar surface area (TPSA) is 43.4 Å². The van der Waals surface area contributed by atoms with Crippen LogP contribution in [0.1, 0.15) is 16.8 Å². The third-order valence-corrected chi connectivity index (χ3v) is 2.53. The van der Waals surface area contributed by atoms with Crippen molar-refractivity contribution in [1.29, 1.82) is 0 Å². The fraction of sp³-hybridized carbons (Fsp3) is 0.583. The molecule has 1 N–H and O–H groups in total. The Hall–Kier alpha value is -1.13. The molecule has 0 atom stereocenters. The van der Waals surface area contributed by atoms with Crippen LogP contribution in [0.5, 0.6) is 5.75 Å². The zero-order valence-electron chi connectivity index (χ0n) is 10.5. The highest BCUT2D eigenvalue weighted by Crippen LogP contribution is 2.23. The van der Waals surface area contributed by atoms with Gasteiger partial charge in [0.05, 0.1) is 19.4 Å². The molecule has 90 valence electrons. The first-order valence-corrected chi connectivity index (χ1v) is 5.39. The minimum Gasteiger partial charge on any atom is -0.496 e. The fourth-order valence-corrected chi connectivity index (χ4v) is 1.63. The van der Waals surface area contributed by atoms with E-state index in [1.54, 1.807) is 14.2 Å². The molecule has 4 heteroatoms. The number of hydrogen-bond acceptors (Lipinski definition) is 4. The van der Waals surface area contributed by atoms with Gasteiger partial charge in [0, 0.05) is 37.5 Å². The van der Waals surface area contributed by atoms with Crippen LogP contribution in [0.25, 0.3) is 0 Å². The highest BCUT2D eigenvalue weighted by atomic mass is 16.5. The molecule has 0 amide bonds. The molecule has 0 saturated heterocycles. The second-order valence-corrected chi connectivity index (χ2v) is 3.72. The maximum atomic E-state index is 5.35. The maximum absolute atomic E-state index is 5.35. The van der Waals surface area contributed by atoms with Crippen molar-refractivity contribution in [3.05, 3.63) is 23.0 Å². The van der Waals surface area contributed by atoms with E-state index in [0.717, 1.165) is 35.7 Å². The molecule has 1 aromatic heterocycles. The smallest absolute Gasteiger partial charge is 0.128 e. The van der Waals surface area contributed by atoms with Crippen LogP contribution < -0.4 is 10.1 Å². The monoisotopic (exact) mass is 224 g/mol. The van der Waals surface area contributed by atoms with Crippen LogP contribution in [0.15, 0.2) is 6.20 Å². The van der Waals surface area contributed by atoms with Crippen molar-refractivity contribution in [2.24, 2.45) is 0 Å². The molecule has 0 radical (unpaired) electrons. The zero-order valence-corrected chi connectivity index (χ0v) is 10.5. The Bertz CT molecular complexity index is 340. The van der Waals surface area contributed by atoms with Crippen molar-refractivity contribution in [2.75, 3.05) is 27.4 Å². The van der Waals surface area contributed by atoms with Crippen molar-refractivity contribution in [3.8, 4) is 5.75 Å². The van der Waals surface area contributed by atoms with Gasteiger partial charge in [-0.1, -0.05) is 0 Å². The van der Waals surface area contributed by atoms with Gasteiger partial charge in [0.1, 0.15) is 5.75 Å². The summed E-state index contributed by atoms with van der Waals surface area (Å²) in [6, 6.07) is 0. The lowest BCUT2D eigenvalue weighted by Gasteiger charge is -2.12. The standard InChI is InChI=1S/C12H20N2O2/c1-9-7-14-11(8-13-5-6-15-3)10(2)12(9)16-4/h7,13H,5-6,8H2,1-4H3. The first kappa shape index (κ1) is 12.9. The van der Waals surface area contributed by atoms with Crippen LogP contribution in [0.4, 0.5) is 0 Å². The summed E-state index contributed by atoms with van der Waals surface area (Å²) in [5.74, 6) is 0.929. The lowest BCUT2D eigenvalue weighted by Crippen LogP contribution is -2.20. The van der Waals surface area contributed by atoms with Crippen LogP contribution in [-0.4, -0.2) is 32.4 Å². The van der Waals surface area contributed by atoms with Crippen molar-refractivity contribution < 1.29 is 9.47 Å². The molecule has 0 aliphatic rings. The number of rotatable bonds is 6. The molecule has 0 saturated carbocycles. The molecule has 16 heavy (non-hydrogen) atoms. The van der Waals surface area contributed by atoms with Gasteiger partial charge in [-0.2, -0.15) is 0 Å². The number of ether oxygens (including phenoxy) is 2. The number of aryl methyl sites for hydroxylation is 1. The molecule has 0 spiro atoms. The maximum Gasteiger partial charge on any atom is 0.128 e. The van der Waals surface area contributed by atoms with E-state index in [1.807, 2.05) is 20.0 Å². The van der Waals surface area contributed by atoms with Crippen molar-refractivity contribution in [3.63, 3.8) is 0 Å². The Kier molecular flexibility index (Phi) is 5.22. The second-order valence-electron chi connectivity index (χ2n) is 3.72. The highest BCUT2D eigenvalue weighted by Gasteiger charge is 2.08. The number of pyridine rings is 1. The largest absolute Gasteiger partial charge is 0.496 e. The first-order chi connectivity index (χ1) is 7.70. The normalized spacial score (nSPS) is 10.5. The van der Waals surface area contributed by atoms with E-state index in [0.29, 0.717) is 6.61 Å². The van der Waals surface area contributed by atoms with E-state index in [2.05, 4.69) is 10.3 Å². The molecular formula is C12H20N2O2. The van der Waals surface area contributed by atoms with E-state index in [9.17, 15) is 0 Å². The molecule has 0 bridgehead atoms. The van der Waals surface area contributed by atoms with Crippen LogP contribution in [-0.2, 0) is 11.3 Å². The molecule has 1 rings (SSSR count). The molecule has 0 aliphatic carbocycles. The fourth-order valence-electron chi connectivity index (χ4n) is 1.63. The van der Waals surface area contributed by atoms with E-state index >= 15 is 0 Å². The summed E-state index contributed by atoms with van der Waals surface area (Å²) in [5.41, 5.74) is 3.20. The molecule has 0 fully saturated rings. The minimum atomic E-state index is 0.710. The lowest BCUT2D eigenvalue weighted by atomic mass is 10.1. The minimum absolute atomic E-state index is 0.710. The van der Waals surface area contributed by atoms with Crippen LogP contribution in [0.2, 0.25) is 0 Å². The predicted molar refractivity (Wildman–Crippen MR) is 63.8 cm³/mol. The van der Waals surface area contributed by atoms with Crippen LogP contribution in [0, 0.1) is 13.8 Å². The summed E-state index contributed by atoms with van der Waals surface area (Å²) < 4.78 is 10.3. The average Bonchev–Trinajstić information content (AvgIpc) is 2.28. The Morgan fingerprint density at radius 2 is 2.06 bits per heavy atom. The molecule has 0 aromatic carbocycles. The third-order valence-electron chi connectivity index (χ3n) is 2.53. The zero-order chi connectivity index (χ0) is 12.0. The number of methoxy groups -OCH3 is 2. The van der Waals surface area contributed by atoms with Gasteiger partial charge in [-0.15, -0.1) is 0 Å². The summed E-state index contributed by atoms with van der Waals surface area (Å²) in [5, 5.41) is 3.27. The summed E-state index contributed by atoms with van der Waals surface area (Å²) in [6.45, 7) is 6.31. The molecular weight excluding hydrogens is 204 g/mol. The van der Waals surface area contributed by atoms with Gasteiger partial charge in [-0.25, -0.2) is 0 Å². The average molecular weight is 224 g/mol. The van der Waals surface area contributed by atoms with E-state index in [1.165, 1.54) is 0 Å². The second kappa shape index (κ2) is 6.45. The lowest BCUT2D eigenvalue weighted by molar-refractivity contribution is 0.199. The summed E-state index contributed by atoms with van der Waals surface area (Å²) in [4.78, 5) is 4.40. The van der Waals surface area contributed by atoms with Gasteiger partial charge in [-0.3, -0.25) is 4.98 Å². The van der Waals surface area contributed by atoms with Gasteiger partial charge >= 0.3 is 0 Å². The van der Waals surface area contributed by atoms with Crippen molar-refractivity contribution in [2.45, 2.75) is 20.4 Å². The number of nitrogens with zero attached hydrogens (tertiary/aromatic N) is 1. The molecule has 0 unspecified atom stereocenters. The Morgan fingerprint density at radius 1 is 1.31 bits per heavy atom. The third kappa shape index (κ3) is 3.18. The van der Waals surface area contributed by atoms with E-state index in [-0.39, 0.29) is 0 Å². The van der Waals surface area contributed by atoms with Crippen LogP contribution >= 0.6 is 0 Å². The Balaban J connectivity index is 2.66. The summed E-state index contributed by atoms with van der Waals surface area (Å²) >= 11 is 0. The van der Waals surface area contributed by atoms with Gasteiger partial charge in [0.2, 0.25) is 0 Å². The van der Waals surface area contributed by atoms with Gasteiger partial charge < -0.3 is 14.8 Å². The van der Waals surface area contributed by atoms with Crippen LogP contribution in [0.3, 0.4) is 0 Å².